The summed E-state index contributed by atoms with van der Waals surface area (Å²) in [6.45, 7) is 1.90. The SMILES string of the molecule is CC1(O)CCCC1C1(C=O)CCC1. The van der Waals surface area contributed by atoms with E-state index in [1.165, 1.54) is 0 Å². The molecule has 2 unspecified atom stereocenters. The van der Waals surface area contributed by atoms with Crippen LogP contribution in [-0.2, 0) is 4.79 Å². The largest absolute Gasteiger partial charge is 0.390 e. The third-order valence-electron chi connectivity index (χ3n) is 4.14. The van der Waals surface area contributed by atoms with Crippen molar-refractivity contribution in [2.45, 2.75) is 51.0 Å². The smallest absolute Gasteiger partial charge is 0.126 e. The highest BCUT2D eigenvalue weighted by atomic mass is 16.3. The Bertz CT molecular complexity index is 216. The van der Waals surface area contributed by atoms with E-state index in [4.69, 9.17) is 0 Å². The van der Waals surface area contributed by atoms with Crippen LogP contribution in [0.25, 0.3) is 0 Å². The minimum Gasteiger partial charge on any atom is -0.390 e. The van der Waals surface area contributed by atoms with Crippen LogP contribution >= 0.6 is 0 Å². The molecule has 0 aromatic carbocycles. The Morgan fingerprint density at radius 1 is 1.31 bits per heavy atom. The second kappa shape index (κ2) is 2.81. The number of carbonyl (C=O) groups excluding carboxylic acids is 1. The number of rotatable bonds is 2. The minimum atomic E-state index is -0.582. The van der Waals surface area contributed by atoms with Gasteiger partial charge in [-0.2, -0.15) is 0 Å². The first-order chi connectivity index (χ1) is 6.11. The zero-order valence-electron chi connectivity index (χ0n) is 8.25. The lowest BCUT2D eigenvalue weighted by atomic mass is 9.58. The van der Waals surface area contributed by atoms with Crippen molar-refractivity contribution < 1.29 is 9.90 Å². The first-order valence-electron chi connectivity index (χ1n) is 5.29. The summed E-state index contributed by atoms with van der Waals surface area (Å²) < 4.78 is 0. The van der Waals surface area contributed by atoms with Crippen molar-refractivity contribution in [3.8, 4) is 0 Å². The number of hydrogen-bond donors (Lipinski definition) is 1. The molecule has 2 fully saturated rings. The highest BCUT2D eigenvalue weighted by Gasteiger charge is 2.53. The summed E-state index contributed by atoms with van der Waals surface area (Å²) in [4.78, 5) is 11.1. The molecule has 2 rings (SSSR count). The van der Waals surface area contributed by atoms with Gasteiger partial charge in [0, 0.05) is 5.41 Å². The minimum absolute atomic E-state index is 0.153. The van der Waals surface area contributed by atoms with Crippen molar-refractivity contribution in [3.63, 3.8) is 0 Å². The molecule has 0 bridgehead atoms. The summed E-state index contributed by atoms with van der Waals surface area (Å²) >= 11 is 0. The Morgan fingerprint density at radius 3 is 2.31 bits per heavy atom. The van der Waals surface area contributed by atoms with E-state index in [1.807, 2.05) is 6.92 Å². The van der Waals surface area contributed by atoms with Gasteiger partial charge < -0.3 is 9.90 Å². The van der Waals surface area contributed by atoms with Gasteiger partial charge in [0.1, 0.15) is 6.29 Å². The first-order valence-corrected chi connectivity index (χ1v) is 5.29. The van der Waals surface area contributed by atoms with Crippen molar-refractivity contribution in [2.75, 3.05) is 0 Å². The van der Waals surface area contributed by atoms with Crippen molar-refractivity contribution in [1.29, 1.82) is 0 Å². The van der Waals surface area contributed by atoms with Gasteiger partial charge in [-0.05, 0) is 38.5 Å². The van der Waals surface area contributed by atoms with E-state index in [2.05, 4.69) is 0 Å². The summed E-state index contributed by atoms with van der Waals surface area (Å²) in [6, 6.07) is 0. The maximum Gasteiger partial charge on any atom is 0.126 e. The van der Waals surface area contributed by atoms with Crippen LogP contribution in [0.2, 0.25) is 0 Å². The molecule has 0 amide bonds. The van der Waals surface area contributed by atoms with E-state index in [0.717, 1.165) is 44.8 Å². The molecule has 2 aliphatic carbocycles. The van der Waals surface area contributed by atoms with Crippen LogP contribution in [0.15, 0.2) is 0 Å². The van der Waals surface area contributed by atoms with Gasteiger partial charge in [0.2, 0.25) is 0 Å². The summed E-state index contributed by atoms with van der Waals surface area (Å²) in [5, 5.41) is 10.1. The molecule has 0 aromatic heterocycles. The Hall–Kier alpha value is -0.370. The van der Waals surface area contributed by atoms with E-state index in [9.17, 15) is 9.90 Å². The molecule has 0 radical (unpaired) electrons. The van der Waals surface area contributed by atoms with E-state index in [-0.39, 0.29) is 11.3 Å². The molecule has 0 saturated heterocycles. The molecule has 2 atom stereocenters. The molecule has 0 spiro atoms. The zero-order valence-corrected chi connectivity index (χ0v) is 8.25. The summed E-state index contributed by atoms with van der Waals surface area (Å²) in [5.74, 6) is 0.228. The molecule has 2 aliphatic rings. The standard InChI is InChI=1S/C11H18O2/c1-10(13)5-2-4-9(10)11(8-12)6-3-7-11/h8-9,13H,2-7H2,1H3. The molecule has 13 heavy (non-hydrogen) atoms. The maximum atomic E-state index is 11.1. The molecule has 2 heteroatoms. The fourth-order valence-corrected chi connectivity index (χ4v) is 3.19. The number of aliphatic hydroxyl groups is 1. The second-order valence-corrected chi connectivity index (χ2v) is 5.01. The highest BCUT2D eigenvalue weighted by Crippen LogP contribution is 2.54. The number of hydrogen-bond acceptors (Lipinski definition) is 2. The van der Waals surface area contributed by atoms with Crippen molar-refractivity contribution in [3.05, 3.63) is 0 Å². The average molecular weight is 182 g/mol. The average Bonchev–Trinajstić information content (AvgIpc) is 2.31. The van der Waals surface area contributed by atoms with Crippen LogP contribution in [0.3, 0.4) is 0 Å². The molecule has 0 heterocycles. The predicted molar refractivity (Wildman–Crippen MR) is 50.3 cm³/mol. The van der Waals surface area contributed by atoms with E-state index in [1.54, 1.807) is 0 Å². The Labute approximate surface area is 79.3 Å². The predicted octanol–water partition coefficient (Wildman–Crippen LogP) is 1.91. The first kappa shape index (κ1) is 9.20. The van der Waals surface area contributed by atoms with Crippen LogP contribution < -0.4 is 0 Å². The maximum absolute atomic E-state index is 11.1. The van der Waals surface area contributed by atoms with Crippen LogP contribution in [0.1, 0.15) is 45.4 Å². The summed E-state index contributed by atoms with van der Waals surface area (Å²) in [5.41, 5.74) is -0.735. The second-order valence-electron chi connectivity index (χ2n) is 5.01. The molecule has 1 N–H and O–H groups in total. The van der Waals surface area contributed by atoms with Gasteiger partial charge in [-0.1, -0.05) is 12.8 Å². The summed E-state index contributed by atoms with van der Waals surface area (Å²) in [6.07, 6.45) is 7.24. The van der Waals surface area contributed by atoms with Gasteiger partial charge in [0.25, 0.3) is 0 Å². The zero-order chi connectivity index (χ0) is 9.53. The van der Waals surface area contributed by atoms with Gasteiger partial charge in [0.15, 0.2) is 0 Å². The molecular weight excluding hydrogens is 164 g/mol. The summed E-state index contributed by atoms with van der Waals surface area (Å²) in [7, 11) is 0. The van der Waals surface area contributed by atoms with Crippen molar-refractivity contribution >= 4 is 6.29 Å². The van der Waals surface area contributed by atoms with Gasteiger partial charge >= 0.3 is 0 Å². The number of carbonyl (C=O) groups is 1. The van der Waals surface area contributed by atoms with Gasteiger partial charge in [-0.25, -0.2) is 0 Å². The Balaban J connectivity index is 2.19. The highest BCUT2D eigenvalue weighted by molar-refractivity contribution is 5.62. The third-order valence-corrected chi connectivity index (χ3v) is 4.14. The monoisotopic (exact) mass is 182 g/mol. The molecule has 2 nitrogen and oxygen atoms in total. The Kier molecular flexibility index (Phi) is 1.99. The fourth-order valence-electron chi connectivity index (χ4n) is 3.19. The lowest BCUT2D eigenvalue weighted by Gasteiger charge is -2.46. The lowest BCUT2D eigenvalue weighted by molar-refractivity contribution is -0.134. The van der Waals surface area contributed by atoms with E-state index < -0.39 is 5.60 Å². The van der Waals surface area contributed by atoms with Crippen LogP contribution in [0.4, 0.5) is 0 Å². The van der Waals surface area contributed by atoms with Gasteiger partial charge in [-0.15, -0.1) is 0 Å². The van der Waals surface area contributed by atoms with Crippen molar-refractivity contribution in [2.24, 2.45) is 11.3 Å². The lowest BCUT2D eigenvalue weighted by Crippen LogP contribution is -2.47. The van der Waals surface area contributed by atoms with Crippen LogP contribution in [0, 0.1) is 11.3 Å². The van der Waals surface area contributed by atoms with Crippen LogP contribution in [-0.4, -0.2) is 17.0 Å². The molecule has 2 saturated carbocycles. The number of aldehydes is 1. The Morgan fingerprint density at radius 2 is 2.00 bits per heavy atom. The van der Waals surface area contributed by atoms with Crippen LogP contribution in [0.5, 0.6) is 0 Å². The topological polar surface area (TPSA) is 37.3 Å². The molecular formula is C11H18O2. The van der Waals surface area contributed by atoms with Gasteiger partial charge in [-0.3, -0.25) is 0 Å². The fraction of sp³-hybridized carbons (Fsp3) is 0.909. The third kappa shape index (κ3) is 1.23. The molecule has 0 aromatic rings. The normalized spacial score (nSPS) is 42.8. The van der Waals surface area contributed by atoms with Gasteiger partial charge in [0.05, 0.1) is 5.60 Å². The molecule has 74 valence electrons. The van der Waals surface area contributed by atoms with E-state index >= 15 is 0 Å². The van der Waals surface area contributed by atoms with Crippen molar-refractivity contribution in [1.82, 2.24) is 0 Å². The van der Waals surface area contributed by atoms with E-state index in [0.29, 0.717) is 0 Å². The quantitative estimate of drug-likeness (QED) is 0.662. The molecule has 0 aliphatic heterocycles.